The highest BCUT2D eigenvalue weighted by Gasteiger charge is 2.10. The Labute approximate surface area is 146 Å². The van der Waals surface area contributed by atoms with Crippen molar-refractivity contribution in [2.24, 2.45) is 0 Å². The van der Waals surface area contributed by atoms with Crippen LogP contribution in [0.5, 0.6) is 11.5 Å². The molecular formula is C18H21N3O4. The van der Waals surface area contributed by atoms with Crippen molar-refractivity contribution >= 4 is 17.8 Å². The van der Waals surface area contributed by atoms with Crippen LogP contribution in [-0.4, -0.2) is 38.2 Å². The van der Waals surface area contributed by atoms with Gasteiger partial charge in [-0.1, -0.05) is 12.1 Å². The molecule has 0 saturated heterocycles. The number of benzene rings is 2. The summed E-state index contributed by atoms with van der Waals surface area (Å²) in [6, 6.07) is 13.8. The summed E-state index contributed by atoms with van der Waals surface area (Å²) in [5.74, 6) is 1.17. The molecule has 0 spiro atoms. The van der Waals surface area contributed by atoms with Crippen molar-refractivity contribution in [1.82, 2.24) is 10.2 Å². The second kappa shape index (κ2) is 8.58. The predicted octanol–water partition coefficient (Wildman–Crippen LogP) is 3.08. The first-order chi connectivity index (χ1) is 12.0. The summed E-state index contributed by atoms with van der Waals surface area (Å²) in [6.45, 7) is 0.419. The molecule has 7 heteroatoms. The number of urea groups is 1. The van der Waals surface area contributed by atoms with Gasteiger partial charge in [-0.15, -0.1) is 0 Å². The van der Waals surface area contributed by atoms with E-state index < -0.39 is 6.09 Å². The van der Waals surface area contributed by atoms with Crippen LogP contribution in [0.3, 0.4) is 0 Å². The van der Waals surface area contributed by atoms with Gasteiger partial charge in [0.1, 0.15) is 11.5 Å². The fourth-order valence-corrected chi connectivity index (χ4v) is 2.06. The minimum Gasteiger partial charge on any atom is -0.497 e. The fraction of sp³-hybridized carbons (Fsp3) is 0.222. The Morgan fingerprint density at radius 2 is 1.60 bits per heavy atom. The van der Waals surface area contributed by atoms with E-state index in [1.165, 1.54) is 7.05 Å². The van der Waals surface area contributed by atoms with Gasteiger partial charge in [-0.25, -0.2) is 9.59 Å². The average Bonchev–Trinajstić information content (AvgIpc) is 2.63. The van der Waals surface area contributed by atoms with Gasteiger partial charge in [-0.2, -0.15) is 0 Å². The Kier molecular flexibility index (Phi) is 6.22. The predicted molar refractivity (Wildman–Crippen MR) is 95.0 cm³/mol. The molecule has 7 nitrogen and oxygen atoms in total. The third kappa shape index (κ3) is 5.42. The van der Waals surface area contributed by atoms with Crippen molar-refractivity contribution in [3.8, 4) is 11.5 Å². The summed E-state index contributed by atoms with van der Waals surface area (Å²) >= 11 is 0. The minimum atomic E-state index is -0.524. The van der Waals surface area contributed by atoms with Crippen molar-refractivity contribution in [2.45, 2.75) is 6.54 Å². The van der Waals surface area contributed by atoms with Crippen molar-refractivity contribution in [1.29, 1.82) is 0 Å². The van der Waals surface area contributed by atoms with E-state index in [1.807, 2.05) is 0 Å². The number of carbonyl (C=O) groups excluding carboxylic acids is 2. The van der Waals surface area contributed by atoms with Crippen LogP contribution < -0.4 is 20.1 Å². The lowest BCUT2D eigenvalue weighted by Crippen LogP contribution is -2.30. The molecule has 0 saturated carbocycles. The Hall–Kier alpha value is -3.22. The van der Waals surface area contributed by atoms with E-state index in [0.717, 1.165) is 11.3 Å². The zero-order valence-corrected chi connectivity index (χ0v) is 14.4. The maximum Gasteiger partial charge on any atom is 0.412 e. The highest BCUT2D eigenvalue weighted by Crippen LogP contribution is 2.16. The number of methoxy groups -OCH3 is 1. The molecule has 2 rings (SSSR count). The van der Waals surface area contributed by atoms with E-state index in [9.17, 15) is 9.59 Å². The third-order valence-electron chi connectivity index (χ3n) is 3.45. The van der Waals surface area contributed by atoms with E-state index in [2.05, 4.69) is 10.6 Å². The highest BCUT2D eigenvalue weighted by atomic mass is 16.5. The molecule has 0 heterocycles. The zero-order valence-electron chi connectivity index (χ0n) is 14.4. The van der Waals surface area contributed by atoms with E-state index in [1.54, 1.807) is 67.6 Å². The molecule has 0 bridgehead atoms. The second-order valence-corrected chi connectivity index (χ2v) is 5.30. The lowest BCUT2D eigenvalue weighted by atomic mass is 10.2. The Bertz CT molecular complexity index is 714. The molecule has 0 unspecified atom stereocenters. The number of nitrogens with zero attached hydrogens (tertiary/aromatic N) is 1. The molecule has 2 N–H and O–H groups in total. The zero-order chi connectivity index (χ0) is 18.2. The standard InChI is InChI=1S/C18H21N3O4/c1-19-18(23)25-16-8-4-13(5-9-16)12-21(2)17(22)20-14-6-10-15(24-3)11-7-14/h4-11H,12H2,1-3H3,(H,19,23)(H,20,22). The molecular weight excluding hydrogens is 322 g/mol. The number of amides is 3. The molecule has 2 aromatic carbocycles. The average molecular weight is 343 g/mol. The number of hydrogen-bond acceptors (Lipinski definition) is 4. The van der Waals surface area contributed by atoms with Crippen LogP contribution in [0, 0.1) is 0 Å². The van der Waals surface area contributed by atoms with E-state index in [4.69, 9.17) is 9.47 Å². The van der Waals surface area contributed by atoms with Gasteiger partial charge in [0, 0.05) is 26.3 Å². The molecule has 0 aliphatic rings. The fourth-order valence-electron chi connectivity index (χ4n) is 2.06. The molecule has 0 radical (unpaired) electrons. The Morgan fingerprint density at radius 3 is 2.16 bits per heavy atom. The number of rotatable bonds is 5. The number of hydrogen-bond donors (Lipinski definition) is 2. The molecule has 0 aromatic heterocycles. The summed E-state index contributed by atoms with van der Waals surface area (Å²) in [5.41, 5.74) is 1.60. The van der Waals surface area contributed by atoms with Crippen molar-refractivity contribution in [3.63, 3.8) is 0 Å². The normalized spacial score (nSPS) is 9.88. The molecule has 0 atom stereocenters. The van der Waals surface area contributed by atoms with Crippen LogP contribution in [0.2, 0.25) is 0 Å². The summed E-state index contributed by atoms with van der Waals surface area (Å²) in [7, 11) is 4.78. The van der Waals surface area contributed by atoms with Crippen molar-refractivity contribution in [2.75, 3.05) is 26.5 Å². The maximum atomic E-state index is 12.2. The molecule has 0 aliphatic carbocycles. The summed E-state index contributed by atoms with van der Waals surface area (Å²) < 4.78 is 10.1. The van der Waals surface area contributed by atoms with Crippen LogP contribution in [-0.2, 0) is 6.54 Å². The van der Waals surface area contributed by atoms with Crippen LogP contribution in [0.1, 0.15) is 5.56 Å². The van der Waals surface area contributed by atoms with Crippen LogP contribution >= 0.6 is 0 Å². The van der Waals surface area contributed by atoms with E-state index >= 15 is 0 Å². The second-order valence-electron chi connectivity index (χ2n) is 5.30. The molecule has 0 aliphatic heterocycles. The summed E-state index contributed by atoms with van der Waals surface area (Å²) in [6.07, 6.45) is -0.524. The van der Waals surface area contributed by atoms with Crippen LogP contribution in [0.4, 0.5) is 15.3 Å². The molecule has 25 heavy (non-hydrogen) atoms. The first-order valence-corrected chi connectivity index (χ1v) is 7.66. The lowest BCUT2D eigenvalue weighted by molar-refractivity contribution is 0.203. The van der Waals surface area contributed by atoms with E-state index in [0.29, 0.717) is 18.0 Å². The smallest absolute Gasteiger partial charge is 0.412 e. The lowest BCUT2D eigenvalue weighted by Gasteiger charge is -2.18. The van der Waals surface area contributed by atoms with Crippen LogP contribution in [0.15, 0.2) is 48.5 Å². The highest BCUT2D eigenvalue weighted by molar-refractivity contribution is 5.89. The number of nitrogens with one attached hydrogen (secondary N) is 2. The largest absolute Gasteiger partial charge is 0.497 e. The van der Waals surface area contributed by atoms with Gasteiger partial charge < -0.3 is 25.0 Å². The van der Waals surface area contributed by atoms with Crippen molar-refractivity contribution in [3.05, 3.63) is 54.1 Å². The van der Waals surface area contributed by atoms with Gasteiger partial charge in [0.25, 0.3) is 0 Å². The van der Waals surface area contributed by atoms with Gasteiger partial charge in [0.15, 0.2) is 0 Å². The van der Waals surface area contributed by atoms with Crippen molar-refractivity contribution < 1.29 is 19.1 Å². The van der Waals surface area contributed by atoms with Gasteiger partial charge in [-0.3, -0.25) is 0 Å². The molecule has 0 fully saturated rings. The SMILES string of the molecule is CNC(=O)Oc1ccc(CN(C)C(=O)Nc2ccc(OC)cc2)cc1. The Morgan fingerprint density at radius 1 is 1.00 bits per heavy atom. The summed E-state index contributed by atoms with van der Waals surface area (Å²) in [4.78, 5) is 24.9. The monoisotopic (exact) mass is 343 g/mol. The minimum absolute atomic E-state index is 0.226. The van der Waals surface area contributed by atoms with Crippen LogP contribution in [0.25, 0.3) is 0 Å². The quantitative estimate of drug-likeness (QED) is 0.874. The maximum absolute atomic E-state index is 12.2. The molecule has 2 aromatic rings. The number of ether oxygens (including phenoxy) is 2. The first kappa shape index (κ1) is 18.1. The number of anilines is 1. The molecule has 132 valence electrons. The number of carbonyl (C=O) groups is 2. The van der Waals surface area contributed by atoms with Gasteiger partial charge in [0.05, 0.1) is 7.11 Å². The van der Waals surface area contributed by atoms with Gasteiger partial charge >= 0.3 is 12.1 Å². The first-order valence-electron chi connectivity index (χ1n) is 7.66. The Balaban J connectivity index is 1.90. The third-order valence-corrected chi connectivity index (χ3v) is 3.45. The molecule has 3 amide bonds. The van der Waals surface area contributed by atoms with E-state index in [-0.39, 0.29) is 6.03 Å². The van der Waals surface area contributed by atoms with Gasteiger partial charge in [-0.05, 0) is 42.0 Å². The summed E-state index contributed by atoms with van der Waals surface area (Å²) in [5, 5.41) is 5.19. The van der Waals surface area contributed by atoms with Gasteiger partial charge in [0.2, 0.25) is 0 Å². The topological polar surface area (TPSA) is 79.9 Å².